The summed E-state index contributed by atoms with van der Waals surface area (Å²) in [6.45, 7) is 0.549. The SMILES string of the molecule is O=C(C1CC1)N(Cc1ccc(F)cc1F)C[C@H]1CC(c2ccc3c(c2)OCO3)=NO1. The van der Waals surface area contributed by atoms with Crippen LogP contribution in [0.5, 0.6) is 11.5 Å². The van der Waals surface area contributed by atoms with E-state index < -0.39 is 11.6 Å². The molecule has 0 unspecified atom stereocenters. The molecule has 0 radical (unpaired) electrons. The summed E-state index contributed by atoms with van der Waals surface area (Å²) in [5.74, 6) is 0.00165. The van der Waals surface area contributed by atoms with E-state index in [4.69, 9.17) is 14.3 Å². The van der Waals surface area contributed by atoms with E-state index in [-0.39, 0.29) is 43.4 Å². The first-order valence-electron chi connectivity index (χ1n) is 9.92. The van der Waals surface area contributed by atoms with Crippen LogP contribution in [0, 0.1) is 17.6 Å². The minimum absolute atomic E-state index is 0.0239. The van der Waals surface area contributed by atoms with Crippen LogP contribution in [0.2, 0.25) is 0 Å². The van der Waals surface area contributed by atoms with E-state index in [9.17, 15) is 13.6 Å². The van der Waals surface area contributed by atoms with E-state index >= 15 is 0 Å². The van der Waals surface area contributed by atoms with Crippen LogP contribution in [0.25, 0.3) is 0 Å². The molecule has 156 valence electrons. The van der Waals surface area contributed by atoms with Gasteiger partial charge in [-0.15, -0.1) is 0 Å². The molecule has 3 aliphatic rings. The van der Waals surface area contributed by atoms with Crippen LogP contribution in [0.3, 0.4) is 0 Å². The molecule has 8 heteroatoms. The minimum atomic E-state index is -0.659. The Balaban J connectivity index is 1.28. The highest BCUT2D eigenvalue weighted by molar-refractivity contribution is 6.01. The second kappa shape index (κ2) is 7.59. The zero-order valence-corrected chi connectivity index (χ0v) is 16.1. The molecule has 1 atom stereocenters. The van der Waals surface area contributed by atoms with E-state index in [1.54, 1.807) is 4.90 Å². The summed E-state index contributed by atoms with van der Waals surface area (Å²) in [5.41, 5.74) is 1.90. The second-order valence-corrected chi connectivity index (χ2v) is 7.77. The van der Waals surface area contributed by atoms with Gasteiger partial charge in [0.15, 0.2) is 17.6 Å². The van der Waals surface area contributed by atoms with Crippen molar-refractivity contribution in [2.45, 2.75) is 31.9 Å². The van der Waals surface area contributed by atoms with Gasteiger partial charge in [0.2, 0.25) is 12.7 Å². The van der Waals surface area contributed by atoms with Crippen LogP contribution in [0.4, 0.5) is 8.78 Å². The first kappa shape index (κ1) is 18.8. The summed E-state index contributed by atoms with van der Waals surface area (Å²) < 4.78 is 38.1. The fourth-order valence-corrected chi connectivity index (χ4v) is 3.70. The number of fused-ring (bicyclic) bond motifs is 1. The average Bonchev–Trinajstić information content (AvgIpc) is 3.29. The predicted octanol–water partition coefficient (Wildman–Crippen LogP) is 3.63. The summed E-state index contributed by atoms with van der Waals surface area (Å²) in [7, 11) is 0. The molecular weight excluding hydrogens is 394 g/mol. The molecule has 0 bridgehead atoms. The summed E-state index contributed by atoms with van der Waals surface area (Å²) in [5, 5.41) is 4.18. The zero-order chi connectivity index (χ0) is 20.7. The number of carbonyl (C=O) groups is 1. The maximum atomic E-state index is 14.1. The number of ether oxygens (including phenoxy) is 2. The normalized spacial score (nSPS) is 19.4. The van der Waals surface area contributed by atoms with E-state index in [0.29, 0.717) is 17.9 Å². The highest BCUT2D eigenvalue weighted by atomic mass is 19.1. The van der Waals surface area contributed by atoms with Crippen LogP contribution >= 0.6 is 0 Å². The molecule has 0 saturated heterocycles. The third-order valence-electron chi connectivity index (χ3n) is 5.48. The Hall–Kier alpha value is -3.16. The van der Waals surface area contributed by atoms with E-state index in [1.807, 2.05) is 18.2 Å². The lowest BCUT2D eigenvalue weighted by Gasteiger charge is -2.25. The predicted molar refractivity (Wildman–Crippen MR) is 103 cm³/mol. The van der Waals surface area contributed by atoms with Crippen molar-refractivity contribution in [2.75, 3.05) is 13.3 Å². The Morgan fingerprint density at radius 2 is 1.93 bits per heavy atom. The van der Waals surface area contributed by atoms with Gasteiger partial charge in [0.1, 0.15) is 11.6 Å². The number of benzene rings is 2. The maximum Gasteiger partial charge on any atom is 0.231 e. The maximum absolute atomic E-state index is 14.1. The first-order valence-corrected chi connectivity index (χ1v) is 9.92. The number of hydrogen-bond donors (Lipinski definition) is 0. The number of amides is 1. The van der Waals surface area contributed by atoms with Crippen molar-refractivity contribution in [2.24, 2.45) is 11.1 Å². The van der Waals surface area contributed by atoms with Gasteiger partial charge >= 0.3 is 0 Å². The molecule has 2 aliphatic heterocycles. The lowest BCUT2D eigenvalue weighted by atomic mass is 10.0. The van der Waals surface area contributed by atoms with Crippen LogP contribution < -0.4 is 9.47 Å². The molecule has 1 fully saturated rings. The summed E-state index contributed by atoms with van der Waals surface area (Å²) in [4.78, 5) is 19.9. The molecule has 0 spiro atoms. The van der Waals surface area contributed by atoms with Crippen molar-refractivity contribution >= 4 is 11.6 Å². The molecule has 2 aromatic rings. The highest BCUT2D eigenvalue weighted by Gasteiger charge is 2.36. The van der Waals surface area contributed by atoms with E-state index in [2.05, 4.69) is 5.16 Å². The fourth-order valence-electron chi connectivity index (χ4n) is 3.70. The lowest BCUT2D eigenvalue weighted by molar-refractivity contribution is -0.135. The van der Waals surface area contributed by atoms with Gasteiger partial charge in [-0.2, -0.15) is 0 Å². The molecule has 1 saturated carbocycles. The molecule has 2 aromatic carbocycles. The fraction of sp³-hybridized carbons (Fsp3) is 0.364. The van der Waals surface area contributed by atoms with Gasteiger partial charge in [-0.05, 0) is 37.1 Å². The molecule has 0 aromatic heterocycles. The van der Waals surface area contributed by atoms with Crippen LogP contribution in [-0.4, -0.2) is 36.0 Å². The van der Waals surface area contributed by atoms with Crippen LogP contribution in [0.1, 0.15) is 30.4 Å². The second-order valence-electron chi connectivity index (χ2n) is 7.77. The van der Waals surface area contributed by atoms with Gasteiger partial charge < -0.3 is 19.2 Å². The zero-order valence-electron chi connectivity index (χ0n) is 16.1. The van der Waals surface area contributed by atoms with Crippen molar-refractivity contribution in [3.63, 3.8) is 0 Å². The Bertz CT molecular complexity index is 1020. The molecule has 2 heterocycles. The molecule has 6 nitrogen and oxygen atoms in total. The molecule has 0 N–H and O–H groups in total. The van der Waals surface area contributed by atoms with Gasteiger partial charge in [-0.3, -0.25) is 4.79 Å². The summed E-state index contributed by atoms with van der Waals surface area (Å²) in [6, 6.07) is 8.98. The topological polar surface area (TPSA) is 60.4 Å². The molecule has 30 heavy (non-hydrogen) atoms. The number of hydrogen-bond acceptors (Lipinski definition) is 5. The summed E-state index contributed by atoms with van der Waals surface area (Å²) >= 11 is 0. The molecule has 1 amide bonds. The first-order chi connectivity index (χ1) is 14.6. The van der Waals surface area contributed by atoms with Gasteiger partial charge in [-0.25, -0.2) is 8.78 Å². The molecule has 1 aliphatic carbocycles. The van der Waals surface area contributed by atoms with Gasteiger partial charge in [-0.1, -0.05) is 11.2 Å². The van der Waals surface area contributed by atoms with Crippen molar-refractivity contribution in [1.82, 2.24) is 4.90 Å². The smallest absolute Gasteiger partial charge is 0.231 e. The van der Waals surface area contributed by atoms with Crippen LogP contribution in [0.15, 0.2) is 41.6 Å². The Labute approximate surface area is 172 Å². The van der Waals surface area contributed by atoms with E-state index in [1.165, 1.54) is 12.1 Å². The largest absolute Gasteiger partial charge is 0.454 e. The molecule has 5 rings (SSSR count). The lowest BCUT2D eigenvalue weighted by Crippen LogP contribution is -2.38. The van der Waals surface area contributed by atoms with Crippen molar-refractivity contribution in [3.8, 4) is 11.5 Å². The third-order valence-corrected chi connectivity index (χ3v) is 5.48. The quantitative estimate of drug-likeness (QED) is 0.725. The highest BCUT2D eigenvalue weighted by Crippen LogP contribution is 2.34. The Morgan fingerprint density at radius 3 is 2.73 bits per heavy atom. The minimum Gasteiger partial charge on any atom is -0.454 e. The van der Waals surface area contributed by atoms with Crippen molar-refractivity contribution in [1.29, 1.82) is 0 Å². The summed E-state index contributed by atoms with van der Waals surface area (Å²) in [6.07, 6.45) is 1.86. The monoisotopic (exact) mass is 414 g/mol. The Kier molecular flexibility index (Phi) is 4.77. The molecular formula is C22H20F2N2O4. The number of halogens is 2. The van der Waals surface area contributed by atoms with Gasteiger partial charge in [0.25, 0.3) is 0 Å². The standard InChI is InChI=1S/C22H20F2N2O4/c23-16-5-3-15(18(24)8-16)10-26(22(27)13-1-2-13)11-17-9-19(25-30-17)14-4-6-20-21(7-14)29-12-28-20/h3-8,13,17H,1-2,9-12H2/t17-/m1/s1. The number of nitrogens with zero attached hydrogens (tertiary/aromatic N) is 2. The Morgan fingerprint density at radius 1 is 1.10 bits per heavy atom. The number of rotatable bonds is 6. The van der Waals surface area contributed by atoms with Gasteiger partial charge in [0, 0.05) is 36.1 Å². The average molecular weight is 414 g/mol. The van der Waals surface area contributed by atoms with Crippen LogP contribution in [-0.2, 0) is 16.2 Å². The third kappa shape index (κ3) is 3.81. The number of carbonyl (C=O) groups excluding carboxylic acids is 1. The van der Waals surface area contributed by atoms with Gasteiger partial charge in [0.05, 0.1) is 12.3 Å². The number of oxime groups is 1. The van der Waals surface area contributed by atoms with E-state index in [0.717, 1.165) is 30.2 Å². The van der Waals surface area contributed by atoms with Crippen molar-refractivity contribution in [3.05, 3.63) is 59.2 Å². The van der Waals surface area contributed by atoms with Crippen molar-refractivity contribution < 1.29 is 27.9 Å².